The van der Waals surface area contributed by atoms with E-state index >= 15 is 0 Å². The summed E-state index contributed by atoms with van der Waals surface area (Å²) in [4.78, 5) is 3.53. The highest BCUT2D eigenvalue weighted by Gasteiger charge is 2.16. The summed E-state index contributed by atoms with van der Waals surface area (Å²) >= 11 is 1.76. The second-order valence-corrected chi connectivity index (χ2v) is 7.58. The first-order chi connectivity index (χ1) is 12.6. The largest absolute Gasteiger partial charge is 0.327 e. The molecule has 3 rings (SSSR count). The quantitative estimate of drug-likeness (QED) is 0.758. The van der Waals surface area contributed by atoms with Gasteiger partial charge in [-0.05, 0) is 54.8 Å². The van der Waals surface area contributed by atoms with Crippen LogP contribution in [0, 0.1) is 25.7 Å². The summed E-state index contributed by atoms with van der Waals surface area (Å²) in [6.45, 7) is 10.1. The average molecular weight is 364 g/mol. The summed E-state index contributed by atoms with van der Waals surface area (Å²) in [5.74, 6) is 7.20. The Morgan fingerprint density at radius 1 is 1.27 bits per heavy atom. The molecule has 1 aliphatic rings. The molecule has 0 amide bonds. The maximum Gasteiger partial charge on any atom is 0.141 e. The van der Waals surface area contributed by atoms with Crippen LogP contribution in [-0.2, 0) is 13.0 Å². The molecule has 0 atom stereocenters. The van der Waals surface area contributed by atoms with E-state index in [9.17, 15) is 0 Å². The number of allylic oxidation sites excluding steroid dienone is 1. The zero-order chi connectivity index (χ0) is 18.4. The summed E-state index contributed by atoms with van der Waals surface area (Å²) in [5, 5.41) is 6.63. The van der Waals surface area contributed by atoms with Crippen LogP contribution in [0.3, 0.4) is 0 Å². The summed E-state index contributed by atoms with van der Waals surface area (Å²) in [6.07, 6.45) is 2.54. The van der Waals surface area contributed by atoms with E-state index in [-0.39, 0.29) is 0 Å². The average Bonchev–Trinajstić information content (AvgIpc) is 3.01. The Morgan fingerprint density at radius 3 is 2.92 bits per heavy atom. The third-order valence-corrected chi connectivity index (χ3v) is 5.47. The Kier molecular flexibility index (Phi) is 6.14. The fraction of sp³-hybridized carbons (Fsp3) is 0.318. The van der Waals surface area contributed by atoms with Crippen LogP contribution in [0.15, 0.2) is 53.1 Å². The van der Waals surface area contributed by atoms with Crippen molar-refractivity contribution in [3.05, 3.63) is 69.6 Å². The van der Waals surface area contributed by atoms with Gasteiger partial charge >= 0.3 is 0 Å². The summed E-state index contributed by atoms with van der Waals surface area (Å²) in [6, 6.07) is 10.9. The lowest BCUT2D eigenvalue weighted by Gasteiger charge is -2.27. The SMILES string of the molecule is C=C(CCc1ccc(C)c(C)c1)N(Cc1cccs1)C1=NNCC#CC1. The Morgan fingerprint density at radius 2 is 2.15 bits per heavy atom. The molecule has 0 aliphatic carbocycles. The molecule has 0 unspecified atom stereocenters. The minimum Gasteiger partial charge on any atom is -0.327 e. The van der Waals surface area contributed by atoms with Crippen LogP contribution < -0.4 is 5.43 Å². The van der Waals surface area contributed by atoms with Gasteiger partial charge in [0.05, 0.1) is 19.5 Å². The topological polar surface area (TPSA) is 27.6 Å². The van der Waals surface area contributed by atoms with Crippen LogP contribution in [0.2, 0.25) is 0 Å². The van der Waals surface area contributed by atoms with Crippen molar-refractivity contribution >= 4 is 17.2 Å². The molecule has 0 saturated carbocycles. The standard InChI is InChI=1S/C22H25N3S/c1-17-9-11-20(15-18(17)2)12-10-19(3)25(16-21-7-6-14-26-21)22-8-4-5-13-23-24-22/h6-7,9,11,14-15,23H,3,8,10,12-13,16H2,1-2H3. The number of hydrogen-bond donors (Lipinski definition) is 1. The Hall–Kier alpha value is -2.51. The van der Waals surface area contributed by atoms with Crippen molar-refractivity contribution in [1.82, 2.24) is 10.3 Å². The van der Waals surface area contributed by atoms with Crippen LogP contribution in [-0.4, -0.2) is 17.3 Å². The Bertz CT molecular complexity index is 853. The van der Waals surface area contributed by atoms with Gasteiger partial charge in [-0.25, -0.2) is 0 Å². The Labute approximate surface area is 160 Å². The third kappa shape index (κ3) is 4.77. The van der Waals surface area contributed by atoms with Gasteiger partial charge in [0.25, 0.3) is 0 Å². The van der Waals surface area contributed by atoms with Gasteiger partial charge in [-0.3, -0.25) is 5.43 Å². The smallest absolute Gasteiger partial charge is 0.141 e. The highest BCUT2D eigenvalue weighted by Crippen LogP contribution is 2.21. The highest BCUT2D eigenvalue weighted by atomic mass is 32.1. The van der Waals surface area contributed by atoms with E-state index in [1.54, 1.807) is 11.3 Å². The first kappa shape index (κ1) is 18.3. The van der Waals surface area contributed by atoms with Crippen LogP contribution in [0.4, 0.5) is 0 Å². The lowest BCUT2D eigenvalue weighted by Crippen LogP contribution is -2.30. The van der Waals surface area contributed by atoms with Gasteiger partial charge in [-0.15, -0.1) is 11.3 Å². The van der Waals surface area contributed by atoms with E-state index in [1.807, 2.05) is 0 Å². The maximum absolute atomic E-state index is 4.52. The molecule has 0 saturated heterocycles. The zero-order valence-electron chi connectivity index (χ0n) is 15.5. The number of benzene rings is 1. The van der Waals surface area contributed by atoms with Crippen LogP contribution >= 0.6 is 11.3 Å². The summed E-state index contributed by atoms with van der Waals surface area (Å²) < 4.78 is 0. The van der Waals surface area contributed by atoms with Crippen LogP contribution in [0.1, 0.15) is 34.4 Å². The molecule has 0 radical (unpaired) electrons. The lowest BCUT2D eigenvalue weighted by molar-refractivity contribution is 0.480. The first-order valence-corrected chi connectivity index (χ1v) is 9.80. The zero-order valence-corrected chi connectivity index (χ0v) is 16.3. The molecule has 3 nitrogen and oxygen atoms in total. The number of rotatable bonds is 6. The second kappa shape index (κ2) is 8.73. The molecule has 134 valence electrons. The second-order valence-electron chi connectivity index (χ2n) is 6.54. The van der Waals surface area contributed by atoms with E-state index in [4.69, 9.17) is 0 Å². The van der Waals surface area contributed by atoms with E-state index in [0.717, 1.165) is 30.9 Å². The number of amidine groups is 1. The molecular weight excluding hydrogens is 338 g/mol. The third-order valence-electron chi connectivity index (χ3n) is 4.61. The number of nitrogens with zero attached hydrogens (tertiary/aromatic N) is 2. The molecule has 4 heteroatoms. The number of hydrazone groups is 1. The number of aryl methyl sites for hydroxylation is 3. The van der Waals surface area contributed by atoms with Gasteiger partial charge in [0.2, 0.25) is 0 Å². The predicted octanol–water partition coefficient (Wildman–Crippen LogP) is 4.62. The number of hydrogen-bond acceptors (Lipinski definition) is 4. The molecule has 0 fully saturated rings. The van der Waals surface area contributed by atoms with E-state index < -0.39 is 0 Å². The molecule has 2 heterocycles. The van der Waals surface area contributed by atoms with Crippen molar-refractivity contribution in [2.45, 2.75) is 39.7 Å². The molecule has 0 bridgehead atoms. The van der Waals surface area contributed by atoms with Crippen LogP contribution in [0.5, 0.6) is 0 Å². The minimum absolute atomic E-state index is 0.603. The molecule has 1 N–H and O–H groups in total. The predicted molar refractivity (Wildman–Crippen MR) is 111 cm³/mol. The highest BCUT2D eigenvalue weighted by molar-refractivity contribution is 7.09. The molecular formula is C22H25N3S. The van der Waals surface area contributed by atoms with Gasteiger partial charge in [-0.2, -0.15) is 5.10 Å². The van der Waals surface area contributed by atoms with Crippen LogP contribution in [0.25, 0.3) is 0 Å². The molecule has 2 aromatic rings. The van der Waals surface area contributed by atoms with Crippen molar-refractivity contribution in [1.29, 1.82) is 0 Å². The molecule has 0 spiro atoms. The fourth-order valence-corrected chi connectivity index (χ4v) is 3.59. The van der Waals surface area contributed by atoms with Crippen molar-refractivity contribution < 1.29 is 0 Å². The number of nitrogens with one attached hydrogen (secondary N) is 1. The minimum atomic E-state index is 0.603. The van der Waals surface area contributed by atoms with Gasteiger partial charge in [0, 0.05) is 10.6 Å². The number of thiophene rings is 1. The molecule has 26 heavy (non-hydrogen) atoms. The maximum atomic E-state index is 4.52. The van der Waals surface area contributed by atoms with Crippen molar-refractivity contribution in [3.63, 3.8) is 0 Å². The summed E-state index contributed by atoms with van der Waals surface area (Å²) in [5.41, 5.74) is 8.15. The normalized spacial score (nSPS) is 13.1. The van der Waals surface area contributed by atoms with Crippen molar-refractivity contribution in [3.8, 4) is 11.8 Å². The molecule has 1 aliphatic heterocycles. The molecule has 1 aromatic heterocycles. The van der Waals surface area contributed by atoms with Gasteiger partial charge in [0.15, 0.2) is 0 Å². The van der Waals surface area contributed by atoms with Crippen molar-refractivity contribution in [2.24, 2.45) is 5.10 Å². The fourth-order valence-electron chi connectivity index (χ4n) is 2.90. The first-order valence-electron chi connectivity index (χ1n) is 8.92. The summed E-state index contributed by atoms with van der Waals surface area (Å²) in [7, 11) is 0. The lowest BCUT2D eigenvalue weighted by atomic mass is 10.0. The van der Waals surface area contributed by atoms with E-state index in [1.165, 1.54) is 21.6 Å². The van der Waals surface area contributed by atoms with Gasteiger partial charge in [0.1, 0.15) is 5.84 Å². The van der Waals surface area contributed by atoms with Gasteiger partial charge < -0.3 is 4.90 Å². The van der Waals surface area contributed by atoms with Gasteiger partial charge in [-0.1, -0.05) is 42.7 Å². The van der Waals surface area contributed by atoms with E-state index in [2.05, 4.69) is 83.4 Å². The molecule has 1 aromatic carbocycles. The van der Waals surface area contributed by atoms with Crippen molar-refractivity contribution in [2.75, 3.05) is 6.54 Å². The Balaban J connectivity index is 1.72. The monoisotopic (exact) mass is 363 g/mol. The van der Waals surface area contributed by atoms with E-state index in [0.29, 0.717) is 13.0 Å².